The number of amides is 3. The Balaban J connectivity index is 2.96. The minimum atomic E-state index is -1.23. The summed E-state index contributed by atoms with van der Waals surface area (Å²) in [5.74, 6) is -3.13. The van der Waals surface area contributed by atoms with Gasteiger partial charge in [0.1, 0.15) is 18.1 Å². The van der Waals surface area contributed by atoms with E-state index in [0.29, 0.717) is 12.1 Å². The van der Waals surface area contributed by atoms with Gasteiger partial charge >= 0.3 is 5.97 Å². The van der Waals surface area contributed by atoms with Crippen molar-refractivity contribution in [1.29, 1.82) is 0 Å². The molecule has 0 aliphatic carbocycles. The number of aromatic amines is 1. The van der Waals surface area contributed by atoms with Crippen molar-refractivity contribution in [2.24, 2.45) is 28.1 Å². The van der Waals surface area contributed by atoms with E-state index in [4.69, 9.17) is 17.2 Å². The Bertz CT molecular complexity index is 867. The summed E-state index contributed by atoms with van der Waals surface area (Å²) in [6.45, 7) is 5.43. The molecule has 0 saturated heterocycles. The van der Waals surface area contributed by atoms with Crippen LogP contribution >= 0.6 is 0 Å². The van der Waals surface area contributed by atoms with Gasteiger partial charge in [-0.15, -0.1) is 0 Å². The maximum absolute atomic E-state index is 13.0. The van der Waals surface area contributed by atoms with Crippen LogP contribution in [0.25, 0.3) is 0 Å². The SMILES string of the molecule is CC(C)CC(NC(=O)C(CCCN=C(N)N)NC(=O)C(C)N)C(=O)NC(Cc1cnc[nH]1)C(=O)O. The predicted molar refractivity (Wildman–Crippen MR) is 129 cm³/mol. The van der Waals surface area contributed by atoms with Crippen LogP contribution in [0.2, 0.25) is 0 Å². The summed E-state index contributed by atoms with van der Waals surface area (Å²) >= 11 is 0. The van der Waals surface area contributed by atoms with Gasteiger partial charge in [-0.25, -0.2) is 9.78 Å². The zero-order chi connectivity index (χ0) is 26.5. The molecule has 3 amide bonds. The highest BCUT2D eigenvalue weighted by atomic mass is 16.4. The number of H-pyrrole nitrogens is 1. The summed E-state index contributed by atoms with van der Waals surface area (Å²) in [5, 5.41) is 17.2. The van der Waals surface area contributed by atoms with Crippen molar-refractivity contribution in [1.82, 2.24) is 25.9 Å². The molecular weight excluding hydrogens is 458 g/mol. The number of aliphatic carboxylic acids is 1. The van der Waals surface area contributed by atoms with Gasteiger partial charge in [-0.3, -0.25) is 19.4 Å². The fourth-order valence-electron chi connectivity index (χ4n) is 3.14. The number of carboxylic acid groups (broad SMARTS) is 1. The molecule has 4 atom stereocenters. The Labute approximate surface area is 203 Å². The molecule has 35 heavy (non-hydrogen) atoms. The van der Waals surface area contributed by atoms with Crippen LogP contribution in [-0.4, -0.2) is 75.4 Å². The van der Waals surface area contributed by atoms with Gasteiger partial charge < -0.3 is 43.2 Å². The molecule has 0 spiro atoms. The average molecular weight is 496 g/mol. The molecule has 14 heteroatoms. The van der Waals surface area contributed by atoms with Crippen LogP contribution in [0.4, 0.5) is 0 Å². The fraction of sp³-hybridized carbons (Fsp3) is 0.619. The molecule has 0 aliphatic heterocycles. The number of guanidine groups is 1. The molecule has 0 aromatic carbocycles. The molecule has 0 saturated carbocycles. The first kappa shape index (κ1) is 29.4. The van der Waals surface area contributed by atoms with Crippen molar-refractivity contribution >= 4 is 29.7 Å². The second-order valence-corrected chi connectivity index (χ2v) is 8.67. The van der Waals surface area contributed by atoms with E-state index in [2.05, 4.69) is 30.9 Å². The van der Waals surface area contributed by atoms with E-state index in [1.165, 1.54) is 19.4 Å². The van der Waals surface area contributed by atoms with Crippen LogP contribution in [0, 0.1) is 5.92 Å². The Kier molecular flexibility index (Phi) is 12.2. The van der Waals surface area contributed by atoms with E-state index in [0.717, 1.165) is 0 Å². The Hall–Kier alpha value is -3.68. The molecular formula is C21H37N9O5. The van der Waals surface area contributed by atoms with Crippen LogP contribution in [0.5, 0.6) is 0 Å². The van der Waals surface area contributed by atoms with Gasteiger partial charge in [-0.05, 0) is 32.1 Å². The standard InChI is InChI=1S/C21H37N9O5/c1-11(2)7-15(19(33)30-16(20(34)35)8-13-9-25-10-27-13)29-18(32)14(28-17(31)12(3)22)5-4-6-26-21(23)24/h9-12,14-16H,4-8,22H2,1-3H3,(H,25,27)(H,28,31)(H,29,32)(H,30,33)(H,34,35)(H4,23,24,26). The van der Waals surface area contributed by atoms with Crippen molar-refractivity contribution in [3.8, 4) is 0 Å². The van der Waals surface area contributed by atoms with E-state index < -0.39 is 47.9 Å². The molecule has 0 aliphatic rings. The molecule has 4 unspecified atom stereocenters. The van der Waals surface area contributed by atoms with Gasteiger partial charge in [-0.1, -0.05) is 13.8 Å². The number of carbonyl (C=O) groups excluding carboxylic acids is 3. The first-order valence-electron chi connectivity index (χ1n) is 11.3. The van der Waals surface area contributed by atoms with E-state index in [1.54, 1.807) is 0 Å². The molecule has 1 rings (SSSR count). The largest absolute Gasteiger partial charge is 0.480 e. The summed E-state index contributed by atoms with van der Waals surface area (Å²) in [5.41, 5.74) is 16.8. The van der Waals surface area contributed by atoms with E-state index >= 15 is 0 Å². The summed E-state index contributed by atoms with van der Waals surface area (Å²) < 4.78 is 0. The number of aliphatic imine (C=N–C) groups is 1. The summed E-state index contributed by atoms with van der Waals surface area (Å²) in [6, 6.07) is -4.11. The average Bonchev–Trinajstić information content (AvgIpc) is 3.27. The van der Waals surface area contributed by atoms with E-state index in [1.807, 2.05) is 13.8 Å². The number of aromatic nitrogens is 2. The van der Waals surface area contributed by atoms with Crippen LogP contribution in [0.1, 0.15) is 45.7 Å². The number of hydrogen-bond donors (Lipinski definition) is 8. The Morgan fingerprint density at radius 3 is 2.14 bits per heavy atom. The predicted octanol–water partition coefficient (Wildman–Crippen LogP) is -2.06. The molecule has 196 valence electrons. The number of imidazole rings is 1. The van der Waals surface area contributed by atoms with Gasteiger partial charge in [-0.2, -0.15) is 0 Å². The van der Waals surface area contributed by atoms with Gasteiger partial charge in [0.25, 0.3) is 0 Å². The van der Waals surface area contributed by atoms with E-state index in [-0.39, 0.29) is 37.7 Å². The van der Waals surface area contributed by atoms with Crippen LogP contribution < -0.4 is 33.2 Å². The number of nitrogens with two attached hydrogens (primary N) is 3. The lowest BCUT2D eigenvalue weighted by Crippen LogP contribution is -2.57. The fourth-order valence-corrected chi connectivity index (χ4v) is 3.14. The lowest BCUT2D eigenvalue weighted by atomic mass is 10.0. The molecule has 1 heterocycles. The van der Waals surface area contributed by atoms with Crippen molar-refractivity contribution < 1.29 is 24.3 Å². The number of rotatable bonds is 15. The smallest absolute Gasteiger partial charge is 0.326 e. The second-order valence-electron chi connectivity index (χ2n) is 8.67. The zero-order valence-corrected chi connectivity index (χ0v) is 20.3. The van der Waals surface area contributed by atoms with Crippen LogP contribution in [0.3, 0.4) is 0 Å². The monoisotopic (exact) mass is 495 g/mol. The molecule has 11 N–H and O–H groups in total. The van der Waals surface area contributed by atoms with Crippen molar-refractivity contribution in [3.05, 3.63) is 18.2 Å². The third-order valence-electron chi connectivity index (χ3n) is 4.93. The van der Waals surface area contributed by atoms with Gasteiger partial charge in [0.15, 0.2) is 5.96 Å². The second kappa shape index (κ2) is 14.6. The van der Waals surface area contributed by atoms with Gasteiger partial charge in [0.2, 0.25) is 17.7 Å². The highest BCUT2D eigenvalue weighted by Crippen LogP contribution is 2.08. The molecule has 0 bridgehead atoms. The lowest BCUT2D eigenvalue weighted by Gasteiger charge is -2.25. The minimum absolute atomic E-state index is 0.000840. The topological polar surface area (TPSA) is 244 Å². The van der Waals surface area contributed by atoms with Gasteiger partial charge in [0, 0.05) is 24.9 Å². The zero-order valence-electron chi connectivity index (χ0n) is 20.3. The molecule has 0 radical (unpaired) electrons. The third kappa shape index (κ3) is 11.3. The maximum atomic E-state index is 13.0. The number of carbonyl (C=O) groups is 4. The number of carboxylic acids is 1. The summed E-state index contributed by atoms with van der Waals surface area (Å²) in [7, 11) is 0. The van der Waals surface area contributed by atoms with Crippen LogP contribution in [-0.2, 0) is 25.6 Å². The van der Waals surface area contributed by atoms with Crippen molar-refractivity contribution in [3.63, 3.8) is 0 Å². The molecule has 0 fully saturated rings. The summed E-state index contributed by atoms with van der Waals surface area (Å²) in [6.07, 6.45) is 3.67. The van der Waals surface area contributed by atoms with Crippen molar-refractivity contribution in [2.45, 2.75) is 70.6 Å². The normalized spacial score (nSPS) is 14.3. The number of hydrogen-bond acceptors (Lipinski definition) is 7. The minimum Gasteiger partial charge on any atom is -0.480 e. The molecule has 1 aromatic rings. The summed E-state index contributed by atoms with van der Waals surface area (Å²) in [4.78, 5) is 60.3. The van der Waals surface area contributed by atoms with Crippen LogP contribution in [0.15, 0.2) is 17.5 Å². The quantitative estimate of drug-likeness (QED) is 0.0756. The van der Waals surface area contributed by atoms with Gasteiger partial charge in [0.05, 0.1) is 12.4 Å². The molecule has 14 nitrogen and oxygen atoms in total. The maximum Gasteiger partial charge on any atom is 0.326 e. The highest BCUT2D eigenvalue weighted by Gasteiger charge is 2.30. The Morgan fingerprint density at radius 2 is 1.63 bits per heavy atom. The highest BCUT2D eigenvalue weighted by molar-refractivity contribution is 5.94. The first-order valence-corrected chi connectivity index (χ1v) is 11.3. The number of nitrogens with zero attached hydrogens (tertiary/aromatic N) is 2. The number of nitrogens with one attached hydrogen (secondary N) is 4. The van der Waals surface area contributed by atoms with Crippen molar-refractivity contribution in [2.75, 3.05) is 6.54 Å². The lowest BCUT2D eigenvalue weighted by molar-refractivity contribution is -0.142. The molecule has 1 aromatic heterocycles. The Morgan fingerprint density at radius 1 is 1.03 bits per heavy atom. The first-order chi connectivity index (χ1) is 16.4. The van der Waals surface area contributed by atoms with E-state index in [9.17, 15) is 24.3 Å². The third-order valence-corrected chi connectivity index (χ3v) is 4.93.